The van der Waals surface area contributed by atoms with E-state index in [9.17, 15) is 0 Å². The predicted molar refractivity (Wildman–Crippen MR) is 163 cm³/mol. The molecule has 0 bridgehead atoms. The summed E-state index contributed by atoms with van der Waals surface area (Å²) in [5.74, 6) is 0. The lowest BCUT2D eigenvalue weighted by atomic mass is 10.0. The van der Waals surface area contributed by atoms with E-state index in [4.69, 9.17) is 0 Å². The molecule has 0 saturated carbocycles. The van der Waals surface area contributed by atoms with Crippen LogP contribution in [0.25, 0.3) is 11.1 Å². The summed E-state index contributed by atoms with van der Waals surface area (Å²) in [5, 5.41) is 0. The van der Waals surface area contributed by atoms with Crippen LogP contribution in [0.3, 0.4) is 0 Å². The van der Waals surface area contributed by atoms with Crippen molar-refractivity contribution in [1.82, 2.24) is 0 Å². The third-order valence-electron chi connectivity index (χ3n) is 5.41. The molecule has 0 radical (unpaired) electrons. The predicted octanol–water partition coefficient (Wildman–Crippen LogP) is 10.4. The Labute approximate surface area is 221 Å². The summed E-state index contributed by atoms with van der Waals surface area (Å²) >= 11 is 0. The number of nitrogens with zero attached hydrogens (tertiary/aromatic N) is 1. The number of rotatable bonds is 4. The Hall–Kier alpha value is -3.32. The zero-order valence-electron chi connectivity index (χ0n) is 24.1. The molecule has 0 saturated heterocycles. The first-order valence-electron chi connectivity index (χ1n) is 13.3. The molecule has 0 amide bonds. The first kappa shape index (κ1) is 30.7. The van der Waals surface area contributed by atoms with E-state index in [-0.39, 0.29) is 0 Å². The highest BCUT2D eigenvalue weighted by atomic mass is 15.1. The third-order valence-corrected chi connectivity index (χ3v) is 5.41. The van der Waals surface area contributed by atoms with Gasteiger partial charge in [0, 0.05) is 19.3 Å². The quantitative estimate of drug-likeness (QED) is 0.280. The van der Waals surface area contributed by atoms with Crippen LogP contribution in [0, 0.1) is 27.7 Å². The van der Waals surface area contributed by atoms with Crippen LogP contribution in [-0.2, 0) is 6.54 Å². The van der Waals surface area contributed by atoms with E-state index in [0.717, 1.165) is 6.54 Å². The zero-order chi connectivity index (χ0) is 26.9. The molecule has 4 aromatic carbocycles. The summed E-state index contributed by atoms with van der Waals surface area (Å²) in [6.45, 7) is 17.6. The number of anilines is 1. The highest BCUT2D eigenvalue weighted by Gasteiger charge is 2.03. The number of benzene rings is 4. The average molecular weight is 482 g/mol. The maximum Gasteiger partial charge on any atom is 0.0426 e. The second-order valence-corrected chi connectivity index (χ2v) is 9.12. The molecule has 0 spiro atoms. The zero-order valence-corrected chi connectivity index (χ0v) is 24.1. The van der Waals surface area contributed by atoms with E-state index in [1.54, 1.807) is 0 Å². The van der Waals surface area contributed by atoms with Gasteiger partial charge in [0.2, 0.25) is 0 Å². The second kappa shape index (κ2) is 17.2. The second-order valence-electron chi connectivity index (χ2n) is 9.12. The fourth-order valence-electron chi connectivity index (χ4n) is 3.52. The van der Waals surface area contributed by atoms with Gasteiger partial charge in [0.25, 0.3) is 0 Å². The highest BCUT2D eigenvalue weighted by molar-refractivity contribution is 5.66. The lowest BCUT2D eigenvalue weighted by molar-refractivity contribution is 0.922. The van der Waals surface area contributed by atoms with Gasteiger partial charge in [-0.15, -0.1) is 0 Å². The van der Waals surface area contributed by atoms with E-state index >= 15 is 0 Å². The van der Waals surface area contributed by atoms with Crippen LogP contribution in [0.5, 0.6) is 0 Å². The molecule has 0 aliphatic carbocycles. The van der Waals surface area contributed by atoms with E-state index in [0.29, 0.717) is 0 Å². The number of hydrogen-bond acceptors (Lipinski definition) is 1. The molecule has 0 aliphatic heterocycles. The van der Waals surface area contributed by atoms with E-state index in [2.05, 4.69) is 151 Å². The monoisotopic (exact) mass is 481 g/mol. The summed E-state index contributed by atoms with van der Waals surface area (Å²) < 4.78 is 0. The Bertz CT molecular complexity index is 1070. The molecule has 4 rings (SSSR count). The van der Waals surface area contributed by atoms with Gasteiger partial charge in [0.1, 0.15) is 0 Å². The van der Waals surface area contributed by atoms with Crippen LogP contribution < -0.4 is 4.90 Å². The molecule has 0 heterocycles. The first-order chi connectivity index (χ1) is 17.3. The van der Waals surface area contributed by atoms with Crippen molar-refractivity contribution in [2.45, 2.75) is 68.4 Å². The van der Waals surface area contributed by atoms with Crippen molar-refractivity contribution in [3.63, 3.8) is 0 Å². The van der Waals surface area contributed by atoms with Gasteiger partial charge in [-0.3, -0.25) is 0 Å². The number of hydrogen-bond donors (Lipinski definition) is 0. The van der Waals surface area contributed by atoms with Crippen LogP contribution in [-0.4, -0.2) is 7.05 Å². The average Bonchev–Trinajstić information content (AvgIpc) is 2.88. The fraction of sp³-hybridized carbons (Fsp3) is 0.314. The highest BCUT2D eigenvalue weighted by Crippen LogP contribution is 2.24. The first-order valence-corrected chi connectivity index (χ1v) is 13.3. The van der Waals surface area contributed by atoms with Crippen LogP contribution in [0.2, 0.25) is 0 Å². The molecule has 0 aromatic heterocycles. The molecular weight excluding hydrogens is 434 g/mol. The molecule has 0 N–H and O–H groups in total. The van der Waals surface area contributed by atoms with E-state index in [1.165, 1.54) is 51.1 Å². The largest absolute Gasteiger partial charge is 0.370 e. The van der Waals surface area contributed by atoms with Gasteiger partial charge in [-0.2, -0.15) is 0 Å². The normalized spacial score (nSPS) is 9.47. The van der Waals surface area contributed by atoms with Gasteiger partial charge >= 0.3 is 0 Å². The van der Waals surface area contributed by atoms with Crippen molar-refractivity contribution in [3.8, 4) is 11.1 Å². The molecule has 0 unspecified atom stereocenters. The lowest BCUT2D eigenvalue weighted by Crippen LogP contribution is -2.16. The van der Waals surface area contributed by atoms with Crippen molar-refractivity contribution < 1.29 is 0 Å². The number of aryl methyl sites for hydroxylation is 4. The van der Waals surface area contributed by atoms with Gasteiger partial charge in [-0.05, 0) is 56.5 Å². The van der Waals surface area contributed by atoms with Gasteiger partial charge in [-0.1, -0.05) is 141 Å². The third kappa shape index (κ3) is 11.4. The van der Waals surface area contributed by atoms with Gasteiger partial charge in [0.05, 0.1) is 0 Å². The van der Waals surface area contributed by atoms with Crippen LogP contribution in [0.1, 0.15) is 61.9 Å². The minimum Gasteiger partial charge on any atom is -0.370 e. The Kier molecular flexibility index (Phi) is 14.6. The molecule has 0 atom stereocenters. The smallest absolute Gasteiger partial charge is 0.0426 e. The summed E-state index contributed by atoms with van der Waals surface area (Å²) in [6, 6.07) is 34.7. The molecule has 36 heavy (non-hydrogen) atoms. The topological polar surface area (TPSA) is 3.24 Å². The molecular formula is C35H47N. The van der Waals surface area contributed by atoms with Crippen LogP contribution >= 0.6 is 0 Å². The summed E-state index contributed by atoms with van der Waals surface area (Å²) in [7, 11) is 2.14. The maximum absolute atomic E-state index is 2.28. The Morgan fingerprint density at radius 1 is 0.528 bits per heavy atom. The minimum absolute atomic E-state index is 0.921. The van der Waals surface area contributed by atoms with Crippen molar-refractivity contribution in [3.05, 3.63) is 125 Å². The molecule has 4 aromatic rings. The molecule has 0 aliphatic rings. The van der Waals surface area contributed by atoms with Gasteiger partial charge in [-0.25, -0.2) is 0 Å². The fourth-order valence-corrected chi connectivity index (χ4v) is 3.52. The Morgan fingerprint density at radius 2 is 0.917 bits per heavy atom. The standard InChI is InChI=1S/C22H23N.C8H10.C3H8.C2H6/c1-17-4-8-19(9-5-17)16-23(3)22-14-12-21(13-15-22)20-10-6-18(2)7-11-20;1-7-4-3-5-8(2)6-7;1-3-2;1-2/h4-15H,16H2,1-3H3;3-6H,1-2H3;3H2,1-2H3;1-2H3. The Morgan fingerprint density at radius 3 is 1.31 bits per heavy atom. The lowest BCUT2D eigenvalue weighted by Gasteiger charge is -2.20. The van der Waals surface area contributed by atoms with Gasteiger partial charge < -0.3 is 4.90 Å². The summed E-state index contributed by atoms with van der Waals surface area (Å²) in [5.41, 5.74) is 10.4. The van der Waals surface area contributed by atoms with Crippen molar-refractivity contribution >= 4 is 5.69 Å². The van der Waals surface area contributed by atoms with Crippen LogP contribution in [0.4, 0.5) is 5.69 Å². The molecule has 0 fully saturated rings. The summed E-state index contributed by atoms with van der Waals surface area (Å²) in [4.78, 5) is 2.28. The SMILES string of the molecule is CC.CCC.Cc1ccc(CN(C)c2ccc(-c3ccc(C)cc3)cc2)cc1.Cc1cccc(C)c1. The minimum atomic E-state index is 0.921. The van der Waals surface area contributed by atoms with Crippen molar-refractivity contribution in [1.29, 1.82) is 0 Å². The molecule has 1 heteroatoms. The van der Waals surface area contributed by atoms with Crippen LogP contribution in [0.15, 0.2) is 97.1 Å². The van der Waals surface area contributed by atoms with Crippen molar-refractivity contribution in [2.75, 3.05) is 11.9 Å². The molecule has 192 valence electrons. The summed E-state index contributed by atoms with van der Waals surface area (Å²) in [6.07, 6.45) is 1.25. The van der Waals surface area contributed by atoms with E-state index in [1.807, 2.05) is 13.8 Å². The van der Waals surface area contributed by atoms with E-state index < -0.39 is 0 Å². The Balaban J connectivity index is 0.000000414. The van der Waals surface area contributed by atoms with Gasteiger partial charge in [0.15, 0.2) is 0 Å². The maximum atomic E-state index is 2.28. The van der Waals surface area contributed by atoms with Crippen molar-refractivity contribution in [2.24, 2.45) is 0 Å². The molecule has 1 nitrogen and oxygen atoms in total.